The Morgan fingerprint density at radius 1 is 1.45 bits per heavy atom. The van der Waals surface area contributed by atoms with E-state index in [1.54, 1.807) is 6.92 Å². The van der Waals surface area contributed by atoms with E-state index in [4.69, 9.17) is 9.15 Å². The van der Waals surface area contributed by atoms with Crippen LogP contribution in [0.3, 0.4) is 0 Å². The predicted molar refractivity (Wildman–Crippen MR) is 74.8 cm³/mol. The molecule has 1 saturated heterocycles. The largest absolute Gasteiger partial charge is 0.486 e. The third kappa shape index (κ3) is 3.62. The predicted octanol–water partition coefficient (Wildman–Crippen LogP) is 1.98. The minimum Gasteiger partial charge on any atom is -0.486 e. The second-order valence-electron chi connectivity index (χ2n) is 5.33. The fourth-order valence-corrected chi connectivity index (χ4v) is 2.33. The molecule has 1 aromatic heterocycles. The molecule has 5 heteroatoms. The minimum absolute atomic E-state index is 0.0925. The zero-order valence-corrected chi connectivity index (χ0v) is 12.1. The van der Waals surface area contributed by atoms with Gasteiger partial charge in [0.1, 0.15) is 5.76 Å². The van der Waals surface area contributed by atoms with Crippen LogP contribution in [-0.2, 0) is 4.79 Å². The summed E-state index contributed by atoms with van der Waals surface area (Å²) in [4.78, 5) is 25.5. The lowest BCUT2D eigenvalue weighted by molar-refractivity contribution is -0.133. The van der Waals surface area contributed by atoms with E-state index in [0.29, 0.717) is 18.1 Å². The van der Waals surface area contributed by atoms with Gasteiger partial charge in [-0.1, -0.05) is 6.92 Å². The van der Waals surface area contributed by atoms with Crippen LogP contribution in [0.4, 0.5) is 0 Å². The zero-order chi connectivity index (χ0) is 14.5. The van der Waals surface area contributed by atoms with Crippen LogP contribution in [0.15, 0.2) is 21.5 Å². The number of hydrogen-bond acceptors (Lipinski definition) is 4. The number of hydrogen-bond donors (Lipinski definition) is 0. The molecule has 0 radical (unpaired) electrons. The van der Waals surface area contributed by atoms with E-state index in [9.17, 15) is 9.59 Å². The first-order chi connectivity index (χ1) is 9.58. The topological polar surface area (TPSA) is 59.8 Å². The van der Waals surface area contributed by atoms with Gasteiger partial charge >= 0.3 is 0 Å². The zero-order valence-electron chi connectivity index (χ0n) is 12.1. The SMILES string of the molecule is Cc1occc(=O)c1OCCC(=O)N1CCC(C)CC1. The molecule has 0 unspecified atom stereocenters. The van der Waals surface area contributed by atoms with Crippen molar-refractivity contribution in [1.82, 2.24) is 4.90 Å². The lowest BCUT2D eigenvalue weighted by Crippen LogP contribution is -2.38. The fourth-order valence-electron chi connectivity index (χ4n) is 2.33. The molecule has 1 amide bonds. The molecule has 0 spiro atoms. The molecule has 0 atom stereocenters. The Kier molecular flexibility index (Phi) is 4.82. The fraction of sp³-hybridized carbons (Fsp3) is 0.600. The van der Waals surface area contributed by atoms with Crippen LogP contribution in [0.25, 0.3) is 0 Å². The molecule has 0 bridgehead atoms. The van der Waals surface area contributed by atoms with Gasteiger partial charge in [0.2, 0.25) is 17.1 Å². The summed E-state index contributed by atoms with van der Waals surface area (Å²) in [5, 5.41) is 0. The Labute approximate surface area is 118 Å². The van der Waals surface area contributed by atoms with Crippen LogP contribution in [0.2, 0.25) is 0 Å². The molecule has 0 N–H and O–H groups in total. The second-order valence-corrected chi connectivity index (χ2v) is 5.33. The third-order valence-corrected chi connectivity index (χ3v) is 3.71. The van der Waals surface area contributed by atoms with Crippen molar-refractivity contribution in [2.24, 2.45) is 5.92 Å². The molecular formula is C15H21NO4. The van der Waals surface area contributed by atoms with Gasteiger partial charge in [-0.3, -0.25) is 9.59 Å². The number of piperidine rings is 1. The highest BCUT2D eigenvalue weighted by molar-refractivity contribution is 5.76. The third-order valence-electron chi connectivity index (χ3n) is 3.71. The first-order valence-electron chi connectivity index (χ1n) is 7.07. The van der Waals surface area contributed by atoms with Crippen molar-refractivity contribution in [3.63, 3.8) is 0 Å². The van der Waals surface area contributed by atoms with Crippen LogP contribution in [0.5, 0.6) is 5.75 Å². The van der Waals surface area contributed by atoms with Crippen LogP contribution in [0, 0.1) is 12.8 Å². The van der Waals surface area contributed by atoms with Gasteiger partial charge in [-0.15, -0.1) is 0 Å². The summed E-state index contributed by atoms with van der Waals surface area (Å²) >= 11 is 0. The van der Waals surface area contributed by atoms with Gasteiger partial charge in [0, 0.05) is 19.2 Å². The minimum atomic E-state index is -0.215. The average molecular weight is 279 g/mol. The maximum absolute atomic E-state index is 12.0. The summed E-state index contributed by atoms with van der Waals surface area (Å²) < 4.78 is 10.5. The summed E-state index contributed by atoms with van der Waals surface area (Å²) in [6, 6.07) is 1.32. The molecule has 0 saturated carbocycles. The van der Waals surface area contributed by atoms with Crippen molar-refractivity contribution in [3.8, 4) is 5.75 Å². The lowest BCUT2D eigenvalue weighted by Gasteiger charge is -2.30. The first kappa shape index (κ1) is 14.6. The van der Waals surface area contributed by atoms with E-state index in [2.05, 4.69) is 6.92 Å². The summed E-state index contributed by atoms with van der Waals surface area (Å²) in [7, 11) is 0. The Hall–Kier alpha value is -1.78. The van der Waals surface area contributed by atoms with Crippen LogP contribution in [-0.4, -0.2) is 30.5 Å². The summed E-state index contributed by atoms with van der Waals surface area (Å²) in [6.07, 6.45) is 3.76. The highest BCUT2D eigenvalue weighted by atomic mass is 16.5. The van der Waals surface area contributed by atoms with Gasteiger partial charge in [0.05, 0.1) is 19.3 Å². The van der Waals surface area contributed by atoms with Crippen molar-refractivity contribution >= 4 is 5.91 Å². The van der Waals surface area contributed by atoms with Crippen molar-refractivity contribution in [1.29, 1.82) is 0 Å². The Morgan fingerprint density at radius 2 is 2.15 bits per heavy atom. The number of nitrogens with zero attached hydrogens (tertiary/aromatic N) is 1. The van der Waals surface area contributed by atoms with E-state index in [1.807, 2.05) is 4.90 Å². The summed E-state index contributed by atoms with van der Waals surface area (Å²) in [6.45, 7) is 5.74. The molecule has 1 aromatic rings. The Morgan fingerprint density at radius 3 is 2.80 bits per heavy atom. The normalized spacial score (nSPS) is 16.2. The van der Waals surface area contributed by atoms with E-state index in [0.717, 1.165) is 25.9 Å². The second kappa shape index (κ2) is 6.59. The first-order valence-corrected chi connectivity index (χ1v) is 7.07. The highest BCUT2D eigenvalue weighted by Gasteiger charge is 2.20. The van der Waals surface area contributed by atoms with Crippen molar-refractivity contribution in [3.05, 3.63) is 28.3 Å². The van der Waals surface area contributed by atoms with Gasteiger partial charge in [0.25, 0.3) is 0 Å². The van der Waals surface area contributed by atoms with Crippen LogP contribution in [0.1, 0.15) is 31.9 Å². The van der Waals surface area contributed by atoms with Crippen LogP contribution < -0.4 is 10.2 Å². The van der Waals surface area contributed by atoms with Crippen molar-refractivity contribution < 1.29 is 13.9 Å². The number of likely N-dealkylation sites (tertiary alicyclic amines) is 1. The number of carbonyl (C=O) groups excluding carboxylic acids is 1. The van der Waals surface area contributed by atoms with Gasteiger partial charge in [0.15, 0.2) is 0 Å². The molecule has 0 aromatic carbocycles. The van der Waals surface area contributed by atoms with E-state index in [1.165, 1.54) is 12.3 Å². The average Bonchev–Trinajstić information content (AvgIpc) is 2.42. The highest BCUT2D eigenvalue weighted by Crippen LogP contribution is 2.17. The number of amides is 1. The molecule has 1 aliphatic rings. The Balaban J connectivity index is 1.81. The monoisotopic (exact) mass is 279 g/mol. The molecule has 1 fully saturated rings. The standard InChI is InChI=1S/C15H21NO4/c1-11-3-7-16(8-4-11)14(18)6-10-20-15-12(2)19-9-5-13(15)17/h5,9,11H,3-4,6-8,10H2,1-2H3. The van der Waals surface area contributed by atoms with Crippen molar-refractivity contribution in [2.75, 3.05) is 19.7 Å². The lowest BCUT2D eigenvalue weighted by atomic mass is 9.99. The van der Waals surface area contributed by atoms with Gasteiger partial charge in [-0.25, -0.2) is 0 Å². The molecule has 2 rings (SSSR count). The van der Waals surface area contributed by atoms with Crippen LogP contribution >= 0.6 is 0 Å². The summed E-state index contributed by atoms with van der Waals surface area (Å²) in [5.74, 6) is 1.44. The molecule has 5 nitrogen and oxygen atoms in total. The van der Waals surface area contributed by atoms with E-state index in [-0.39, 0.29) is 23.7 Å². The number of rotatable bonds is 4. The smallest absolute Gasteiger partial charge is 0.226 e. The number of ether oxygens (including phenoxy) is 1. The summed E-state index contributed by atoms with van der Waals surface area (Å²) in [5.41, 5.74) is -0.215. The quantitative estimate of drug-likeness (QED) is 0.845. The van der Waals surface area contributed by atoms with Gasteiger partial charge < -0.3 is 14.1 Å². The maximum Gasteiger partial charge on any atom is 0.226 e. The molecule has 110 valence electrons. The van der Waals surface area contributed by atoms with E-state index >= 15 is 0 Å². The molecule has 1 aliphatic heterocycles. The maximum atomic E-state index is 12.0. The Bertz CT molecular complexity index is 515. The van der Waals surface area contributed by atoms with E-state index < -0.39 is 0 Å². The van der Waals surface area contributed by atoms with Gasteiger partial charge in [-0.05, 0) is 25.7 Å². The molecule has 20 heavy (non-hydrogen) atoms. The number of aryl methyl sites for hydroxylation is 1. The molecule has 2 heterocycles. The number of carbonyl (C=O) groups is 1. The van der Waals surface area contributed by atoms with Gasteiger partial charge in [-0.2, -0.15) is 0 Å². The molecular weight excluding hydrogens is 258 g/mol. The van der Waals surface area contributed by atoms with Crippen molar-refractivity contribution in [2.45, 2.75) is 33.1 Å². The molecule has 0 aliphatic carbocycles.